The molecule has 0 aliphatic heterocycles. The molecule has 0 unspecified atom stereocenters. The maximum atomic E-state index is 13.8. The summed E-state index contributed by atoms with van der Waals surface area (Å²) in [6.07, 6.45) is -22.0. The van der Waals surface area contributed by atoms with Gasteiger partial charge in [-0.1, -0.05) is 60.9 Å². The van der Waals surface area contributed by atoms with Gasteiger partial charge in [-0.3, -0.25) is 0 Å². The highest BCUT2D eigenvalue weighted by Gasteiger charge is 2.41. The van der Waals surface area contributed by atoms with Crippen LogP contribution >= 0.6 is 0 Å². The first-order chi connectivity index (χ1) is 39.1. The molecular weight excluding hydrogens is 1160 g/mol. The number of hydrogen-bond donors (Lipinski definition) is 0. The van der Waals surface area contributed by atoms with Crippen molar-refractivity contribution in [2.75, 3.05) is 24.0 Å². The van der Waals surface area contributed by atoms with Crippen LogP contribution in [0, 0.1) is 11.8 Å². The summed E-state index contributed by atoms with van der Waals surface area (Å²) >= 11 is 0. The average Bonchev–Trinajstić information content (AvgIpc) is 3.88. The smallest absolute Gasteiger partial charge is 0.376 e. The van der Waals surface area contributed by atoms with Crippen LogP contribution in [0.15, 0.2) is 72.8 Å². The van der Waals surface area contributed by atoms with Crippen LogP contribution in [-0.4, -0.2) is 54.6 Å². The molecule has 8 rings (SSSR count). The molecule has 2 heterocycles. The number of aromatic nitrogens is 8. The molecule has 12 nitrogen and oxygen atoms in total. The number of rotatable bonds is 16. The minimum absolute atomic E-state index is 0.00663. The second-order valence-electron chi connectivity index (χ2n) is 20.6. The maximum absolute atomic E-state index is 13.8. The minimum Gasteiger partial charge on any atom is -0.376 e. The fourth-order valence-electron chi connectivity index (χ4n) is 10.7. The number of anilines is 2. The highest BCUT2D eigenvalue weighted by molar-refractivity contribution is 5.44. The van der Waals surface area contributed by atoms with E-state index in [1.54, 1.807) is 0 Å². The Kier molecular flexibility index (Phi) is 20.0. The molecule has 2 saturated carbocycles. The number of halogens is 18. The summed E-state index contributed by atoms with van der Waals surface area (Å²) in [6.45, 7) is -1.94. The molecule has 84 heavy (non-hydrogen) atoms. The fourth-order valence-corrected chi connectivity index (χ4v) is 10.7. The molecule has 2 aliphatic carbocycles. The van der Waals surface area contributed by atoms with E-state index in [2.05, 4.69) is 30.8 Å². The molecule has 0 N–H and O–H groups in total. The molecule has 0 spiro atoms. The third-order valence-electron chi connectivity index (χ3n) is 14.5. The minimum atomic E-state index is -5.08. The lowest BCUT2D eigenvalue weighted by Crippen LogP contribution is -2.27. The maximum Gasteiger partial charge on any atom is 0.416 e. The standard InChI is InChI=1S/2C27H28F9N5O/c2*1-40-38-24(37-39-40)41(14-16-10-20(26(31,32)33)13-21(11-16)27(34,35)36)15-18-12-19(25(28,29)30)8-9-22(18)23(42-2)17-6-4-3-5-7-17/h2*8-13,17,23H,3-7,14-15H2,1-2H3/t2*23-/m10/s1. The first-order valence-electron chi connectivity index (χ1n) is 26.1. The Balaban J connectivity index is 0.000000241. The second-order valence-corrected chi connectivity index (χ2v) is 20.6. The van der Waals surface area contributed by atoms with E-state index in [-0.39, 0.29) is 60.1 Å². The Hall–Kier alpha value is -6.72. The quantitative estimate of drug-likeness (QED) is 0.0868. The molecule has 0 amide bonds. The third kappa shape index (κ3) is 16.8. The number of tetrazole rings is 2. The van der Waals surface area contributed by atoms with Crippen LogP contribution in [0.5, 0.6) is 0 Å². The molecule has 6 aromatic rings. The number of methoxy groups -OCH3 is 2. The number of ether oxygens (including phenoxy) is 2. The Bertz CT molecular complexity index is 2870. The predicted octanol–water partition coefficient (Wildman–Crippen LogP) is 15.5. The molecule has 0 saturated heterocycles. The lowest BCUT2D eigenvalue weighted by atomic mass is 9.81. The summed E-state index contributed by atoms with van der Waals surface area (Å²) in [7, 11) is 5.68. The first-order valence-corrected chi connectivity index (χ1v) is 26.1. The van der Waals surface area contributed by atoms with E-state index in [4.69, 9.17) is 9.47 Å². The first kappa shape index (κ1) is 64.8. The fraction of sp³-hybridized carbons (Fsp3) is 0.519. The zero-order valence-electron chi connectivity index (χ0n) is 45.2. The second kappa shape index (κ2) is 25.9. The summed E-state index contributed by atoms with van der Waals surface area (Å²) < 4.78 is 256. The molecule has 2 aromatic heterocycles. The molecular formula is C54H56F18N10O2. The zero-order valence-corrected chi connectivity index (χ0v) is 45.2. The Morgan fingerprint density at radius 1 is 0.417 bits per heavy atom. The van der Waals surface area contributed by atoms with Gasteiger partial charge in [0.05, 0.1) is 59.7 Å². The topological polar surface area (TPSA) is 112 Å². The largest absolute Gasteiger partial charge is 0.416 e. The van der Waals surface area contributed by atoms with Gasteiger partial charge < -0.3 is 19.3 Å². The van der Waals surface area contributed by atoms with Crippen molar-refractivity contribution in [2.24, 2.45) is 25.9 Å². The summed E-state index contributed by atoms with van der Waals surface area (Å²) in [4.78, 5) is 4.41. The van der Waals surface area contributed by atoms with E-state index in [1.165, 1.54) is 50.2 Å². The van der Waals surface area contributed by atoms with Crippen LogP contribution in [0.1, 0.15) is 143 Å². The SMILES string of the molecule is CO[C@@H](c1ccc(C(F)(F)F)cc1CN(Cc1cc(C(F)(F)F)cc(C(F)(F)F)c1)c1nnn(C)n1)C1CCCCC1.CO[C@H](c1ccc(C(F)(F)F)cc1CN(Cc1cc(C(F)(F)F)cc(C(F)(F)F)c1)c1nnn(C)n1)C1CCCCC1. The van der Waals surface area contributed by atoms with Gasteiger partial charge in [-0.05, 0) is 142 Å². The molecule has 0 radical (unpaired) electrons. The van der Waals surface area contributed by atoms with Crippen molar-refractivity contribution in [1.82, 2.24) is 40.4 Å². The molecule has 4 aromatic carbocycles. The van der Waals surface area contributed by atoms with Crippen LogP contribution < -0.4 is 9.80 Å². The number of benzene rings is 4. The lowest BCUT2D eigenvalue weighted by molar-refractivity contribution is -0.144. The number of aryl methyl sites for hydroxylation is 2. The van der Waals surface area contributed by atoms with Crippen LogP contribution in [0.25, 0.3) is 0 Å². The van der Waals surface area contributed by atoms with Gasteiger partial charge in [0.25, 0.3) is 11.9 Å². The van der Waals surface area contributed by atoms with E-state index in [1.807, 2.05) is 0 Å². The Labute approximate surface area is 469 Å². The summed E-state index contributed by atoms with van der Waals surface area (Å²) in [6, 6.07) is 8.59. The number of hydrogen-bond acceptors (Lipinski definition) is 10. The van der Waals surface area contributed by atoms with Gasteiger partial charge in [-0.2, -0.15) is 88.6 Å². The van der Waals surface area contributed by atoms with Crippen LogP contribution in [0.4, 0.5) is 90.9 Å². The molecule has 2 aliphatic rings. The van der Waals surface area contributed by atoms with Crippen LogP contribution in [-0.2, 0) is 86.8 Å². The third-order valence-corrected chi connectivity index (χ3v) is 14.5. The van der Waals surface area contributed by atoms with Crippen molar-refractivity contribution in [3.63, 3.8) is 0 Å². The summed E-state index contributed by atoms with van der Waals surface area (Å²) in [5.74, 6) is -0.364. The Morgan fingerprint density at radius 3 is 0.964 bits per heavy atom. The Morgan fingerprint density at radius 2 is 0.714 bits per heavy atom. The van der Waals surface area contributed by atoms with E-state index < -0.39 is 107 Å². The molecule has 460 valence electrons. The van der Waals surface area contributed by atoms with Crippen molar-refractivity contribution < 1.29 is 88.5 Å². The van der Waals surface area contributed by atoms with Gasteiger partial charge in [-0.25, -0.2) is 0 Å². The van der Waals surface area contributed by atoms with Gasteiger partial charge in [0.15, 0.2) is 0 Å². The highest BCUT2D eigenvalue weighted by Crippen LogP contribution is 2.44. The van der Waals surface area contributed by atoms with E-state index >= 15 is 0 Å². The van der Waals surface area contributed by atoms with E-state index in [9.17, 15) is 79.0 Å². The van der Waals surface area contributed by atoms with Crippen molar-refractivity contribution in [2.45, 2.75) is 140 Å². The number of nitrogens with zero attached hydrogens (tertiary/aromatic N) is 10. The van der Waals surface area contributed by atoms with Crippen molar-refractivity contribution in [1.29, 1.82) is 0 Å². The van der Waals surface area contributed by atoms with Gasteiger partial charge in [0.1, 0.15) is 0 Å². The van der Waals surface area contributed by atoms with Crippen LogP contribution in [0.3, 0.4) is 0 Å². The highest BCUT2D eigenvalue weighted by atomic mass is 19.4. The number of alkyl halides is 18. The van der Waals surface area contributed by atoms with Crippen molar-refractivity contribution >= 4 is 11.9 Å². The molecule has 2 fully saturated rings. The summed E-state index contributed by atoms with van der Waals surface area (Å²) in [5.41, 5.74) is -7.68. The van der Waals surface area contributed by atoms with Gasteiger partial charge in [-0.15, -0.1) is 10.2 Å². The molecule has 30 heteroatoms. The van der Waals surface area contributed by atoms with Gasteiger partial charge in [0, 0.05) is 40.4 Å². The van der Waals surface area contributed by atoms with Crippen LogP contribution in [0.2, 0.25) is 0 Å². The normalized spacial score (nSPS) is 16.1. The predicted molar refractivity (Wildman–Crippen MR) is 266 cm³/mol. The zero-order chi connectivity index (χ0) is 61.7. The van der Waals surface area contributed by atoms with Gasteiger partial charge in [0.2, 0.25) is 0 Å². The monoisotopic (exact) mass is 1220 g/mol. The van der Waals surface area contributed by atoms with E-state index in [0.717, 1.165) is 98.1 Å². The lowest BCUT2D eigenvalue weighted by Gasteiger charge is -2.32. The molecule has 0 bridgehead atoms. The van der Waals surface area contributed by atoms with Gasteiger partial charge >= 0.3 is 37.1 Å². The molecule has 2 atom stereocenters. The van der Waals surface area contributed by atoms with Crippen molar-refractivity contribution in [3.05, 3.63) is 140 Å². The van der Waals surface area contributed by atoms with Crippen molar-refractivity contribution in [3.8, 4) is 0 Å². The average molecular weight is 1220 g/mol. The summed E-state index contributed by atoms with van der Waals surface area (Å²) in [5, 5.41) is 23.1. The van der Waals surface area contributed by atoms with E-state index in [0.29, 0.717) is 35.4 Å².